The number of hydrogen-bond acceptors (Lipinski definition) is 13. The first kappa shape index (κ1) is 53.4. The number of benzene rings is 4. The number of amides is 6. The smallest absolute Gasteiger partial charge is 0.416 e. The third-order valence-electron chi connectivity index (χ3n) is 15.1. The Morgan fingerprint density at radius 3 is 2.50 bits per heavy atom. The molecule has 5 aliphatic rings. The first-order valence-electron chi connectivity index (χ1n) is 25.5. The van der Waals surface area contributed by atoms with Gasteiger partial charge in [0.1, 0.15) is 36.6 Å². The van der Waals surface area contributed by atoms with Crippen LogP contribution in [0.3, 0.4) is 0 Å². The number of rotatable bonds is 14. The van der Waals surface area contributed by atoms with E-state index in [1.54, 1.807) is 0 Å². The van der Waals surface area contributed by atoms with Crippen molar-refractivity contribution < 1.29 is 51.0 Å². The van der Waals surface area contributed by atoms with Crippen LogP contribution in [-0.4, -0.2) is 125 Å². The van der Waals surface area contributed by atoms with Crippen LogP contribution in [0.15, 0.2) is 78.9 Å². The van der Waals surface area contributed by atoms with Crippen LogP contribution in [0.2, 0.25) is 5.02 Å². The summed E-state index contributed by atoms with van der Waals surface area (Å²) in [5.74, 6) is -2.71. The van der Waals surface area contributed by atoms with Gasteiger partial charge in [-0.25, -0.2) is 9.18 Å². The Balaban J connectivity index is 0.812. The molecule has 1 unspecified atom stereocenters. The summed E-state index contributed by atoms with van der Waals surface area (Å²) in [6.45, 7) is 5.86. The maximum Gasteiger partial charge on any atom is 0.416 e. The van der Waals surface area contributed by atoms with Gasteiger partial charge >= 0.3 is 18.2 Å². The van der Waals surface area contributed by atoms with Gasteiger partial charge in [-0.2, -0.15) is 28.4 Å². The Kier molecular flexibility index (Phi) is 15.1. The number of fused-ring (bicyclic) bond motifs is 3. The predicted molar refractivity (Wildman–Crippen MR) is 279 cm³/mol. The van der Waals surface area contributed by atoms with E-state index < -0.39 is 78.1 Å². The molecule has 0 spiro atoms. The average Bonchev–Trinajstić information content (AvgIpc) is 4.14. The fourth-order valence-corrected chi connectivity index (χ4v) is 11.2. The van der Waals surface area contributed by atoms with E-state index in [0.29, 0.717) is 49.6 Å². The van der Waals surface area contributed by atoms with Crippen molar-refractivity contribution in [3.8, 4) is 17.8 Å². The fraction of sp³-hybridized carbons (Fsp3) is 0.382. The number of urea groups is 1. The Morgan fingerprint density at radius 2 is 1.74 bits per heavy atom. The van der Waals surface area contributed by atoms with Crippen molar-refractivity contribution in [2.24, 2.45) is 0 Å². The topological polar surface area (TPSA) is 206 Å². The Hall–Kier alpha value is -8.03. The molecule has 18 nitrogen and oxygen atoms in total. The number of nitrogens with zero attached hydrogens (tertiary/aromatic N) is 8. The van der Waals surface area contributed by atoms with Gasteiger partial charge in [0.25, 0.3) is 11.8 Å². The first-order chi connectivity index (χ1) is 37.4. The number of halogens is 5. The van der Waals surface area contributed by atoms with Crippen molar-refractivity contribution in [1.82, 2.24) is 35.3 Å². The molecule has 3 N–H and O–H groups in total. The lowest BCUT2D eigenvalue weighted by atomic mass is 10.0. The van der Waals surface area contributed by atoms with E-state index in [-0.39, 0.29) is 79.0 Å². The second-order valence-electron chi connectivity index (χ2n) is 20.0. The van der Waals surface area contributed by atoms with E-state index in [4.69, 9.17) is 31.0 Å². The number of alkyl halides is 3. The maximum atomic E-state index is 15.9. The van der Waals surface area contributed by atoms with Crippen molar-refractivity contribution in [2.45, 2.75) is 82.5 Å². The van der Waals surface area contributed by atoms with E-state index in [1.165, 1.54) is 21.9 Å². The molecule has 406 valence electrons. The van der Waals surface area contributed by atoms with Crippen molar-refractivity contribution in [3.63, 3.8) is 0 Å². The number of carbonyl (C=O) groups is 5. The second kappa shape index (κ2) is 22.1. The van der Waals surface area contributed by atoms with Gasteiger partial charge in [0.2, 0.25) is 11.8 Å². The summed E-state index contributed by atoms with van der Waals surface area (Å²) >= 11 is 6.77. The number of aromatic nitrogens is 2. The molecule has 10 rings (SSSR count). The van der Waals surface area contributed by atoms with Crippen LogP contribution >= 0.6 is 11.6 Å². The summed E-state index contributed by atoms with van der Waals surface area (Å²) in [5, 5.41) is 19.6. The second-order valence-corrected chi connectivity index (χ2v) is 20.4. The third-order valence-corrected chi connectivity index (χ3v) is 15.4. The molecule has 4 aromatic carbocycles. The summed E-state index contributed by atoms with van der Waals surface area (Å²) in [7, 11) is 2.06. The highest BCUT2D eigenvalue weighted by atomic mass is 35.5. The first-order valence-corrected chi connectivity index (χ1v) is 25.9. The number of carbonyl (C=O) groups excluding carboxylic acids is 5. The summed E-state index contributed by atoms with van der Waals surface area (Å²) in [5.41, 5.74) is 1.01. The zero-order valence-corrected chi connectivity index (χ0v) is 43.2. The number of piperazine rings is 1. The Bertz CT molecular complexity index is 3300. The standard InChI is InChI=1S/C55H54ClF4N11O7/c1-31(29-77-45-15-12-34(55(58,59)60)24-41(45)63-53(76)62-25-33-11-13-37-39(48(33)57)27-71(52(37)75)44-14-16-46(72)65-50(44)73)51(74)70-23-22-69(26-35(70)17-19-61)49-38-18-21-68(43-10-4-7-32-6-3-9-40(56)47(32)43)28-42(38)64-54(66-49)78-30-36-8-5-20-67(36)2/h3-4,6-7,9-13,15,24,35-36,44H,1,5,8,14,16-18,20-23,25-30H2,2H3,(H2,62,63,76)(H,65,72,73)/t35-,36-,44?/m0/s1. The highest BCUT2D eigenvalue weighted by molar-refractivity contribution is 6.36. The number of anilines is 3. The molecule has 3 saturated heterocycles. The SMILES string of the molecule is C=C(COc1ccc(C(F)(F)F)cc1NC(=O)NCc1ccc2c(c1F)CN(C1CCC(=O)NC1=O)C2=O)C(=O)N1CCN(c2nc(OC[C@@H]3CCCN3C)nc3c2CCN(c2cccc4cccc(Cl)c24)C3)C[C@@H]1CC#N. The quantitative estimate of drug-likeness (QED) is 0.0576. The number of nitrogens with one attached hydrogen (secondary N) is 3. The fourth-order valence-electron chi connectivity index (χ4n) is 10.9. The van der Waals surface area contributed by atoms with Crippen LogP contribution in [0.5, 0.6) is 11.8 Å². The van der Waals surface area contributed by atoms with Crippen LogP contribution in [0.4, 0.5) is 39.5 Å². The maximum absolute atomic E-state index is 15.9. The molecule has 3 atom stereocenters. The molecule has 3 fully saturated rings. The lowest BCUT2D eigenvalue weighted by Crippen LogP contribution is -2.56. The molecular formula is C55H54ClF4N11O7. The molecule has 23 heteroatoms. The monoisotopic (exact) mass is 1090 g/mol. The lowest BCUT2D eigenvalue weighted by molar-refractivity contribution is -0.138. The molecule has 5 aromatic rings. The van der Waals surface area contributed by atoms with Crippen molar-refractivity contribution >= 4 is 69.2 Å². The number of nitriles is 1. The summed E-state index contributed by atoms with van der Waals surface area (Å²) in [6, 6.07) is 16.9. The van der Waals surface area contributed by atoms with E-state index in [1.807, 2.05) is 41.3 Å². The molecule has 5 aliphatic heterocycles. The minimum atomic E-state index is -4.83. The largest absolute Gasteiger partial charge is 0.487 e. The van der Waals surface area contributed by atoms with E-state index in [9.17, 15) is 42.4 Å². The molecule has 1 aromatic heterocycles. The summed E-state index contributed by atoms with van der Waals surface area (Å²) < 4.78 is 70.1. The zero-order valence-electron chi connectivity index (χ0n) is 42.4. The van der Waals surface area contributed by atoms with Gasteiger partial charge in [-0.3, -0.25) is 24.5 Å². The van der Waals surface area contributed by atoms with Gasteiger partial charge < -0.3 is 44.6 Å². The number of imide groups is 1. The molecule has 0 saturated carbocycles. The normalized spacial score (nSPS) is 19.6. The number of piperidine rings is 1. The van der Waals surface area contributed by atoms with Crippen molar-refractivity contribution in [1.29, 1.82) is 5.26 Å². The third kappa shape index (κ3) is 10.9. The van der Waals surface area contributed by atoms with Gasteiger partial charge in [-0.15, -0.1) is 0 Å². The van der Waals surface area contributed by atoms with E-state index >= 15 is 4.39 Å². The lowest BCUT2D eigenvalue weighted by Gasteiger charge is -2.42. The highest BCUT2D eigenvalue weighted by Crippen LogP contribution is 2.39. The van der Waals surface area contributed by atoms with Gasteiger partial charge in [0.15, 0.2) is 0 Å². The Labute approximate surface area is 450 Å². The van der Waals surface area contributed by atoms with Crippen molar-refractivity contribution in [3.05, 3.63) is 123 Å². The van der Waals surface area contributed by atoms with E-state index in [2.05, 4.69) is 45.4 Å². The minimum absolute atomic E-state index is 0.00670. The molecule has 0 radical (unpaired) electrons. The number of ether oxygens (including phenoxy) is 2. The predicted octanol–water partition coefficient (Wildman–Crippen LogP) is 7.13. The van der Waals surface area contributed by atoms with Gasteiger partial charge in [0.05, 0.1) is 53.6 Å². The zero-order chi connectivity index (χ0) is 55.0. The molecular weight excluding hydrogens is 1040 g/mol. The van der Waals surface area contributed by atoms with Crippen molar-refractivity contribution in [2.75, 3.05) is 68.1 Å². The molecule has 78 heavy (non-hydrogen) atoms. The number of likely N-dealkylation sites (N-methyl/N-ethyl adjacent to an activating group) is 1. The number of likely N-dealkylation sites (tertiary alicyclic amines) is 1. The van der Waals surface area contributed by atoms with Gasteiger partial charge in [-0.1, -0.05) is 48.5 Å². The van der Waals surface area contributed by atoms with E-state index in [0.717, 1.165) is 59.2 Å². The molecule has 0 bridgehead atoms. The highest BCUT2D eigenvalue weighted by Gasteiger charge is 2.41. The van der Waals surface area contributed by atoms with Gasteiger partial charge in [-0.05, 0) is 81.1 Å². The van der Waals surface area contributed by atoms with Crippen LogP contribution < -0.4 is 35.2 Å². The van der Waals surface area contributed by atoms with Crippen LogP contribution in [0.1, 0.15) is 70.4 Å². The van der Waals surface area contributed by atoms with Crippen LogP contribution in [0, 0.1) is 17.1 Å². The van der Waals surface area contributed by atoms with Crippen LogP contribution in [-0.2, 0) is 46.6 Å². The number of hydrogen-bond donors (Lipinski definition) is 3. The Morgan fingerprint density at radius 1 is 0.936 bits per heavy atom. The molecule has 6 amide bonds. The van der Waals surface area contributed by atoms with Gasteiger partial charge in [0, 0.05) is 84.1 Å². The van der Waals surface area contributed by atoms with Crippen LogP contribution in [0.25, 0.3) is 10.8 Å². The summed E-state index contributed by atoms with van der Waals surface area (Å²) in [6.07, 6.45) is -2.17. The molecule has 6 heterocycles. The average molecular weight is 1090 g/mol. The summed E-state index contributed by atoms with van der Waals surface area (Å²) in [4.78, 5) is 84.0. The minimum Gasteiger partial charge on any atom is -0.487 e. The molecule has 0 aliphatic carbocycles.